The second-order valence-electron chi connectivity index (χ2n) is 6.88. The number of hydrazine groups is 1. The Kier molecular flexibility index (Phi) is 5.21. The molecule has 0 saturated carbocycles. The summed E-state index contributed by atoms with van der Waals surface area (Å²) in [6.07, 6.45) is 4.11. The van der Waals surface area contributed by atoms with Gasteiger partial charge in [-0.2, -0.15) is 9.97 Å². The molecular weight excluding hydrogens is 392 g/mol. The molecule has 0 radical (unpaired) electrons. The Bertz CT molecular complexity index is 832. The minimum atomic E-state index is -1.24. The number of imidazole rings is 1. The molecule has 0 unspecified atom stereocenters. The van der Waals surface area contributed by atoms with Gasteiger partial charge >= 0.3 is 0 Å². The Hall–Kier alpha value is -1.17. The number of aliphatic hydroxyl groups excluding tert-OH is 2. The number of aliphatic hydroxyl groups is 2. The molecule has 2 aromatic rings. The predicted octanol–water partition coefficient (Wildman–Crippen LogP) is 1.41. The summed E-state index contributed by atoms with van der Waals surface area (Å²) in [5, 5.41) is 21.8. The van der Waals surface area contributed by atoms with Crippen molar-refractivity contribution >= 4 is 40.3 Å². The second-order valence-corrected chi connectivity index (χ2v) is 8.21. The summed E-state index contributed by atoms with van der Waals surface area (Å²) < 4.78 is 7.58. The Morgan fingerprint density at radius 3 is 2.67 bits per heavy atom. The molecule has 148 valence electrons. The van der Waals surface area contributed by atoms with Gasteiger partial charge in [0, 0.05) is 13.1 Å². The van der Waals surface area contributed by atoms with Gasteiger partial charge in [-0.15, -0.1) is 11.8 Å². The fourth-order valence-corrected chi connectivity index (χ4v) is 4.80. The SMILES string of the molecule is CS[C@@]1(n2cnc3c(NN4CCCCC4)nc(Cl)nc32)O[C@H](C)[C@@H](O)[C@H]1O. The highest BCUT2D eigenvalue weighted by molar-refractivity contribution is 7.99. The minimum Gasteiger partial charge on any atom is -0.387 e. The van der Waals surface area contributed by atoms with Crippen LogP contribution in [0.1, 0.15) is 26.2 Å². The summed E-state index contributed by atoms with van der Waals surface area (Å²) in [7, 11) is 0. The van der Waals surface area contributed by atoms with Crippen LogP contribution in [0.25, 0.3) is 11.2 Å². The molecule has 4 rings (SSSR count). The number of ether oxygens (including phenoxy) is 1. The summed E-state index contributed by atoms with van der Waals surface area (Å²) in [6, 6.07) is 0. The Morgan fingerprint density at radius 1 is 1.30 bits per heavy atom. The molecule has 11 heteroatoms. The van der Waals surface area contributed by atoms with Gasteiger partial charge in [0.25, 0.3) is 0 Å². The average Bonchev–Trinajstić information content (AvgIpc) is 3.18. The van der Waals surface area contributed by atoms with Gasteiger partial charge in [-0.3, -0.25) is 4.57 Å². The summed E-state index contributed by atoms with van der Waals surface area (Å²) in [6.45, 7) is 3.56. The summed E-state index contributed by atoms with van der Waals surface area (Å²) >= 11 is 7.45. The number of rotatable bonds is 4. The van der Waals surface area contributed by atoms with Gasteiger partial charge in [0.05, 0.1) is 6.10 Å². The molecule has 3 N–H and O–H groups in total. The number of anilines is 1. The van der Waals surface area contributed by atoms with Crippen molar-refractivity contribution in [3.05, 3.63) is 11.6 Å². The molecular formula is C16H23ClN6O3S. The first-order valence-corrected chi connectivity index (χ1v) is 10.6. The maximum absolute atomic E-state index is 10.7. The topological polar surface area (TPSA) is 109 Å². The predicted molar refractivity (Wildman–Crippen MR) is 103 cm³/mol. The maximum Gasteiger partial charge on any atom is 0.226 e. The number of nitrogens with one attached hydrogen (secondary N) is 1. The van der Waals surface area contributed by atoms with Gasteiger partial charge in [0.2, 0.25) is 10.3 Å². The van der Waals surface area contributed by atoms with Crippen molar-refractivity contribution in [1.29, 1.82) is 0 Å². The van der Waals surface area contributed by atoms with E-state index in [1.807, 2.05) is 0 Å². The molecule has 0 aliphatic carbocycles. The zero-order valence-electron chi connectivity index (χ0n) is 15.2. The number of thioether (sulfide) groups is 1. The van der Waals surface area contributed by atoms with Crippen LogP contribution in [0, 0.1) is 0 Å². The first-order chi connectivity index (χ1) is 13.0. The van der Waals surface area contributed by atoms with Gasteiger partial charge in [0.1, 0.15) is 18.5 Å². The van der Waals surface area contributed by atoms with E-state index >= 15 is 0 Å². The standard InChI is InChI=1S/C16H23ClN6O3S/c1-9-11(24)12(25)16(26-9,27-2)23-8-18-10-13(19-15(17)20-14(10)23)21-22-6-4-3-5-7-22/h8-9,11-12,24-25H,3-7H2,1-2H3,(H,19,20,21)/t9-,11-,12-,16+/m1/s1. The van der Waals surface area contributed by atoms with Crippen molar-refractivity contribution in [2.45, 2.75) is 49.6 Å². The maximum atomic E-state index is 10.7. The van der Waals surface area contributed by atoms with Crippen LogP contribution in [0.5, 0.6) is 0 Å². The van der Waals surface area contributed by atoms with Crippen molar-refractivity contribution < 1.29 is 14.9 Å². The van der Waals surface area contributed by atoms with E-state index in [0.29, 0.717) is 17.0 Å². The Morgan fingerprint density at radius 2 is 2.04 bits per heavy atom. The smallest absolute Gasteiger partial charge is 0.226 e. The Labute approximate surface area is 166 Å². The van der Waals surface area contributed by atoms with Gasteiger partial charge in [0.15, 0.2) is 17.0 Å². The fraction of sp³-hybridized carbons (Fsp3) is 0.688. The number of nitrogens with zero attached hydrogens (tertiary/aromatic N) is 5. The first-order valence-electron chi connectivity index (χ1n) is 8.98. The molecule has 2 saturated heterocycles. The lowest BCUT2D eigenvalue weighted by atomic mass is 10.1. The molecule has 0 bridgehead atoms. The van der Waals surface area contributed by atoms with Gasteiger partial charge in [-0.05, 0) is 37.6 Å². The van der Waals surface area contributed by atoms with E-state index in [9.17, 15) is 10.2 Å². The largest absolute Gasteiger partial charge is 0.387 e. The molecule has 2 aromatic heterocycles. The van der Waals surface area contributed by atoms with Crippen LogP contribution in [-0.2, 0) is 9.79 Å². The average molecular weight is 415 g/mol. The van der Waals surface area contributed by atoms with E-state index in [2.05, 4.69) is 25.4 Å². The number of fused-ring (bicyclic) bond motifs is 1. The van der Waals surface area contributed by atoms with Gasteiger partial charge < -0.3 is 20.4 Å². The molecule has 2 aliphatic heterocycles. The molecule has 0 spiro atoms. The third kappa shape index (κ3) is 3.18. The van der Waals surface area contributed by atoms with E-state index in [4.69, 9.17) is 16.3 Å². The molecule has 0 aromatic carbocycles. The molecule has 2 fully saturated rings. The van der Waals surface area contributed by atoms with Crippen molar-refractivity contribution in [2.24, 2.45) is 0 Å². The number of hydrogen-bond donors (Lipinski definition) is 3. The lowest BCUT2D eigenvalue weighted by Gasteiger charge is -2.31. The third-order valence-corrected chi connectivity index (χ3v) is 6.44. The number of halogens is 1. The van der Waals surface area contributed by atoms with Gasteiger partial charge in [-0.1, -0.05) is 6.42 Å². The fourth-order valence-electron chi connectivity index (χ4n) is 3.68. The van der Waals surface area contributed by atoms with Crippen LogP contribution in [0.2, 0.25) is 5.28 Å². The van der Waals surface area contributed by atoms with Crippen molar-refractivity contribution in [3.8, 4) is 0 Å². The van der Waals surface area contributed by atoms with Crippen molar-refractivity contribution in [2.75, 3.05) is 24.8 Å². The van der Waals surface area contributed by atoms with Crippen molar-refractivity contribution in [3.63, 3.8) is 0 Å². The van der Waals surface area contributed by atoms with Crippen LogP contribution in [0.4, 0.5) is 5.82 Å². The number of piperidine rings is 1. The van der Waals surface area contributed by atoms with Crippen LogP contribution in [-0.4, -0.2) is 72.4 Å². The molecule has 9 nitrogen and oxygen atoms in total. The van der Waals surface area contributed by atoms with Crippen molar-refractivity contribution in [1.82, 2.24) is 24.5 Å². The quantitative estimate of drug-likeness (QED) is 0.639. The number of hydrogen-bond acceptors (Lipinski definition) is 9. The van der Waals surface area contributed by atoms with Crippen LogP contribution in [0.3, 0.4) is 0 Å². The molecule has 2 aliphatic rings. The lowest BCUT2D eigenvalue weighted by molar-refractivity contribution is -0.0614. The summed E-state index contributed by atoms with van der Waals surface area (Å²) in [5.41, 5.74) is 4.26. The highest BCUT2D eigenvalue weighted by Gasteiger charge is 2.54. The summed E-state index contributed by atoms with van der Waals surface area (Å²) in [5.74, 6) is 0.517. The number of aromatic nitrogens is 4. The zero-order valence-corrected chi connectivity index (χ0v) is 16.7. The lowest BCUT2D eigenvalue weighted by Crippen LogP contribution is -2.42. The summed E-state index contributed by atoms with van der Waals surface area (Å²) in [4.78, 5) is 13.1. The van der Waals surface area contributed by atoms with E-state index in [1.54, 1.807) is 24.1 Å². The molecule has 0 amide bonds. The zero-order chi connectivity index (χ0) is 19.2. The molecule has 4 atom stereocenters. The second kappa shape index (κ2) is 7.34. The van der Waals surface area contributed by atoms with Crippen LogP contribution in [0.15, 0.2) is 6.33 Å². The van der Waals surface area contributed by atoms with Crippen LogP contribution >= 0.6 is 23.4 Å². The Balaban J connectivity index is 1.77. The van der Waals surface area contributed by atoms with E-state index in [1.165, 1.54) is 18.2 Å². The highest BCUT2D eigenvalue weighted by Crippen LogP contribution is 2.44. The monoisotopic (exact) mass is 414 g/mol. The van der Waals surface area contributed by atoms with E-state index in [-0.39, 0.29) is 5.28 Å². The van der Waals surface area contributed by atoms with E-state index in [0.717, 1.165) is 25.9 Å². The highest BCUT2D eigenvalue weighted by atomic mass is 35.5. The van der Waals surface area contributed by atoms with Gasteiger partial charge in [-0.25, -0.2) is 9.99 Å². The molecule has 4 heterocycles. The van der Waals surface area contributed by atoms with Crippen LogP contribution < -0.4 is 5.43 Å². The van der Waals surface area contributed by atoms with E-state index < -0.39 is 23.4 Å². The molecule has 27 heavy (non-hydrogen) atoms. The first kappa shape index (κ1) is 19.2. The third-order valence-electron chi connectivity index (χ3n) is 5.15. The normalized spacial score (nSPS) is 32.3. The minimum absolute atomic E-state index is 0.0705.